The summed E-state index contributed by atoms with van der Waals surface area (Å²) in [5.41, 5.74) is 3.32. The third-order valence-corrected chi connectivity index (χ3v) is 3.34. The lowest BCUT2D eigenvalue weighted by atomic mass is 10.2. The quantitative estimate of drug-likeness (QED) is 0.908. The van der Waals surface area contributed by atoms with Gasteiger partial charge in [-0.15, -0.1) is 0 Å². The Morgan fingerprint density at radius 2 is 2.06 bits per heavy atom. The summed E-state index contributed by atoms with van der Waals surface area (Å²) in [6.07, 6.45) is 1.70. The smallest absolute Gasteiger partial charge is 0.213 e. The zero-order chi connectivity index (χ0) is 13.3. The highest BCUT2D eigenvalue weighted by molar-refractivity contribution is 7.88. The van der Waals surface area contributed by atoms with Gasteiger partial charge in [-0.25, -0.2) is 18.2 Å². The molecule has 2 rings (SSSR count). The molecule has 0 saturated heterocycles. The molecule has 96 valence electrons. The Bertz CT molecular complexity index is 674. The molecule has 2 aromatic rings. The largest absolute Gasteiger partial charge is 0.240 e. The predicted octanol–water partition coefficient (Wildman–Crippen LogP) is 1.28. The summed E-state index contributed by atoms with van der Waals surface area (Å²) in [4.78, 5) is 0. The van der Waals surface area contributed by atoms with Gasteiger partial charge in [0.05, 0.1) is 17.1 Å². The van der Waals surface area contributed by atoms with Gasteiger partial charge in [0.25, 0.3) is 0 Å². The molecule has 1 aromatic carbocycles. The van der Waals surface area contributed by atoms with E-state index in [1.165, 1.54) is 0 Å². The molecule has 18 heavy (non-hydrogen) atoms. The minimum absolute atomic E-state index is 0.190. The van der Waals surface area contributed by atoms with E-state index in [2.05, 4.69) is 5.10 Å². The zero-order valence-electron chi connectivity index (χ0n) is 10.3. The lowest BCUT2D eigenvalue weighted by Crippen LogP contribution is -2.14. The first-order chi connectivity index (χ1) is 8.35. The van der Waals surface area contributed by atoms with Gasteiger partial charge in [0, 0.05) is 11.8 Å². The van der Waals surface area contributed by atoms with Crippen molar-refractivity contribution < 1.29 is 8.42 Å². The Balaban J connectivity index is 2.40. The number of benzene rings is 1. The number of hydrogen-bond donors (Lipinski definition) is 1. The van der Waals surface area contributed by atoms with Crippen molar-refractivity contribution in [2.75, 3.05) is 0 Å². The van der Waals surface area contributed by atoms with Crippen LogP contribution in [0.15, 0.2) is 30.5 Å². The lowest BCUT2D eigenvalue weighted by molar-refractivity contribution is 0.597. The van der Waals surface area contributed by atoms with Crippen LogP contribution in [0.25, 0.3) is 5.69 Å². The average molecular weight is 265 g/mol. The van der Waals surface area contributed by atoms with Crippen molar-refractivity contribution in [2.24, 2.45) is 5.14 Å². The predicted molar refractivity (Wildman–Crippen MR) is 69.8 cm³/mol. The molecule has 5 nitrogen and oxygen atoms in total. The molecular weight excluding hydrogens is 250 g/mol. The molecule has 0 fully saturated rings. The van der Waals surface area contributed by atoms with Crippen molar-refractivity contribution in [2.45, 2.75) is 19.6 Å². The first-order valence-electron chi connectivity index (χ1n) is 5.48. The van der Waals surface area contributed by atoms with Gasteiger partial charge in [-0.2, -0.15) is 5.10 Å². The van der Waals surface area contributed by atoms with Gasteiger partial charge >= 0.3 is 0 Å². The fourth-order valence-electron chi connectivity index (χ4n) is 1.76. The van der Waals surface area contributed by atoms with Gasteiger partial charge in [0.1, 0.15) is 0 Å². The van der Waals surface area contributed by atoms with Gasteiger partial charge in [-0.1, -0.05) is 12.1 Å². The van der Waals surface area contributed by atoms with Crippen LogP contribution in [0.1, 0.15) is 16.8 Å². The van der Waals surface area contributed by atoms with Crippen molar-refractivity contribution in [1.29, 1.82) is 0 Å². The first-order valence-corrected chi connectivity index (χ1v) is 7.19. The summed E-state index contributed by atoms with van der Waals surface area (Å²) in [6, 6.07) is 7.82. The van der Waals surface area contributed by atoms with Crippen LogP contribution in [0.4, 0.5) is 0 Å². The van der Waals surface area contributed by atoms with E-state index in [0.29, 0.717) is 11.3 Å². The Labute approximate surface area is 106 Å². The molecule has 6 heteroatoms. The van der Waals surface area contributed by atoms with E-state index in [0.717, 1.165) is 11.3 Å². The summed E-state index contributed by atoms with van der Waals surface area (Å²) in [7, 11) is -3.53. The highest BCUT2D eigenvalue weighted by atomic mass is 32.2. The third kappa shape index (κ3) is 2.96. The summed E-state index contributed by atoms with van der Waals surface area (Å²) in [6.45, 7) is 3.76. The van der Waals surface area contributed by atoms with Crippen LogP contribution in [0.2, 0.25) is 0 Å². The Morgan fingerprint density at radius 3 is 2.67 bits per heavy atom. The van der Waals surface area contributed by atoms with Crippen LogP contribution >= 0.6 is 0 Å². The van der Waals surface area contributed by atoms with Gasteiger partial charge in [0.15, 0.2) is 0 Å². The highest BCUT2D eigenvalue weighted by Gasteiger charge is 2.12. The van der Waals surface area contributed by atoms with E-state index in [9.17, 15) is 8.42 Å². The molecule has 1 heterocycles. The van der Waals surface area contributed by atoms with Crippen molar-refractivity contribution in [1.82, 2.24) is 9.78 Å². The Kier molecular flexibility index (Phi) is 3.23. The summed E-state index contributed by atoms with van der Waals surface area (Å²) in [5.74, 6) is -0.190. The van der Waals surface area contributed by atoms with Crippen LogP contribution in [0.3, 0.4) is 0 Å². The molecule has 0 aliphatic carbocycles. The van der Waals surface area contributed by atoms with E-state index >= 15 is 0 Å². The second kappa shape index (κ2) is 4.55. The molecule has 0 aliphatic heterocycles. The number of nitrogens with two attached hydrogens (primary N) is 1. The molecule has 0 saturated carbocycles. The Morgan fingerprint density at radius 1 is 1.33 bits per heavy atom. The van der Waals surface area contributed by atoms with E-state index in [-0.39, 0.29) is 5.75 Å². The van der Waals surface area contributed by atoms with Crippen LogP contribution in [-0.2, 0) is 15.8 Å². The summed E-state index contributed by atoms with van der Waals surface area (Å²) < 4.78 is 23.9. The minimum Gasteiger partial charge on any atom is -0.240 e. The number of sulfonamides is 1. The maximum atomic E-state index is 11.1. The molecule has 2 N–H and O–H groups in total. The highest BCUT2D eigenvalue weighted by Crippen LogP contribution is 2.14. The van der Waals surface area contributed by atoms with Crippen LogP contribution < -0.4 is 5.14 Å². The van der Waals surface area contributed by atoms with Crippen LogP contribution in [0.5, 0.6) is 0 Å². The number of aryl methyl sites for hydroxylation is 2. The topological polar surface area (TPSA) is 78.0 Å². The second-order valence-electron chi connectivity index (χ2n) is 4.33. The number of rotatable bonds is 3. The summed E-state index contributed by atoms with van der Waals surface area (Å²) >= 11 is 0. The first kappa shape index (κ1) is 12.8. The van der Waals surface area contributed by atoms with Gasteiger partial charge in [-0.3, -0.25) is 0 Å². The van der Waals surface area contributed by atoms with Crippen molar-refractivity contribution >= 4 is 10.0 Å². The Hall–Kier alpha value is -1.66. The van der Waals surface area contributed by atoms with Gasteiger partial charge < -0.3 is 0 Å². The van der Waals surface area contributed by atoms with Crippen molar-refractivity contribution in [3.63, 3.8) is 0 Å². The molecule has 0 unspecified atom stereocenters. The number of nitrogens with zero attached hydrogens (tertiary/aromatic N) is 2. The lowest BCUT2D eigenvalue weighted by Gasteiger charge is -2.01. The maximum Gasteiger partial charge on any atom is 0.213 e. The molecular formula is C12H15N3O2S. The SMILES string of the molecule is Cc1cccc(-n2cc(CS(N)(=O)=O)c(C)n2)c1. The molecule has 0 amide bonds. The molecule has 0 aliphatic rings. The minimum atomic E-state index is -3.53. The normalized spacial score (nSPS) is 11.7. The molecule has 0 spiro atoms. The van der Waals surface area contributed by atoms with Crippen molar-refractivity contribution in [3.8, 4) is 5.69 Å². The van der Waals surface area contributed by atoms with E-state index in [1.54, 1.807) is 17.8 Å². The maximum absolute atomic E-state index is 11.1. The molecule has 0 atom stereocenters. The monoisotopic (exact) mass is 265 g/mol. The van der Waals surface area contributed by atoms with E-state index in [4.69, 9.17) is 5.14 Å². The van der Waals surface area contributed by atoms with Crippen LogP contribution in [0, 0.1) is 13.8 Å². The van der Waals surface area contributed by atoms with E-state index < -0.39 is 10.0 Å². The van der Waals surface area contributed by atoms with Crippen LogP contribution in [-0.4, -0.2) is 18.2 Å². The molecule has 0 radical (unpaired) electrons. The average Bonchev–Trinajstić information content (AvgIpc) is 2.58. The fraction of sp³-hybridized carbons (Fsp3) is 0.250. The summed E-state index contributed by atoms with van der Waals surface area (Å²) in [5, 5.41) is 9.35. The number of primary sulfonamides is 1. The second-order valence-corrected chi connectivity index (χ2v) is 5.94. The molecule has 0 bridgehead atoms. The molecule has 1 aromatic heterocycles. The fourth-order valence-corrected chi connectivity index (χ4v) is 2.47. The van der Waals surface area contributed by atoms with Crippen molar-refractivity contribution in [3.05, 3.63) is 47.3 Å². The van der Waals surface area contributed by atoms with Gasteiger partial charge in [0.2, 0.25) is 10.0 Å². The standard InChI is InChI=1S/C12H15N3O2S/c1-9-4-3-5-12(6-9)15-7-11(10(2)14-15)8-18(13,16)17/h3-7H,8H2,1-2H3,(H2,13,16,17). The number of hydrogen-bond acceptors (Lipinski definition) is 3. The number of aromatic nitrogens is 2. The zero-order valence-corrected chi connectivity index (χ0v) is 11.1. The van der Waals surface area contributed by atoms with E-state index in [1.807, 2.05) is 31.2 Å². The third-order valence-electron chi connectivity index (χ3n) is 2.62. The van der Waals surface area contributed by atoms with Gasteiger partial charge in [-0.05, 0) is 31.5 Å².